The fraction of sp³-hybridized carbons (Fsp3) is 0.304. The van der Waals surface area contributed by atoms with Crippen molar-refractivity contribution in [3.8, 4) is 5.75 Å². The number of amides is 2. The molecule has 1 aromatic rings. The Balaban J connectivity index is 1.75. The lowest BCUT2D eigenvalue weighted by molar-refractivity contribution is -0.126. The Morgan fingerprint density at radius 3 is 2.63 bits per heavy atom. The highest BCUT2D eigenvalue weighted by molar-refractivity contribution is 9.10. The van der Waals surface area contributed by atoms with Crippen molar-refractivity contribution in [3.05, 3.63) is 62.7 Å². The summed E-state index contributed by atoms with van der Waals surface area (Å²) in [5.41, 5.74) is 2.44. The molecule has 0 saturated carbocycles. The van der Waals surface area contributed by atoms with Crippen LogP contribution in [-0.2, 0) is 19.2 Å². The molecule has 3 aliphatic carbocycles. The van der Waals surface area contributed by atoms with Crippen LogP contribution in [0.1, 0.15) is 31.2 Å². The minimum absolute atomic E-state index is 0.0122. The van der Waals surface area contributed by atoms with Crippen LogP contribution in [0, 0.1) is 17.8 Å². The summed E-state index contributed by atoms with van der Waals surface area (Å²) in [6, 6.07) is 4.98. The first kappa shape index (κ1) is 19.2. The highest BCUT2D eigenvalue weighted by Crippen LogP contribution is 2.55. The Hall–Kier alpha value is -2.80. The van der Waals surface area contributed by atoms with Crippen molar-refractivity contribution in [2.45, 2.75) is 25.7 Å². The minimum atomic E-state index is -0.638. The number of phenols is 1. The SMILES string of the molecule is CC1=CC(=O)C2=C(C1=O)[C@@H](c1cc(Br)ccc1O)C1=CC[C@@H]3C(=O)NC(=O)[C@@H]3[C@@H]1C2. The second-order valence-corrected chi connectivity index (χ2v) is 9.20. The van der Waals surface area contributed by atoms with Crippen LogP contribution in [0.2, 0.25) is 0 Å². The summed E-state index contributed by atoms with van der Waals surface area (Å²) in [6.07, 6.45) is 3.89. The molecule has 6 nitrogen and oxygen atoms in total. The third-order valence-corrected chi connectivity index (χ3v) is 7.20. The molecule has 0 unspecified atom stereocenters. The van der Waals surface area contributed by atoms with Gasteiger partial charge >= 0.3 is 0 Å². The Labute approximate surface area is 180 Å². The van der Waals surface area contributed by atoms with Crippen LogP contribution in [0.5, 0.6) is 5.75 Å². The normalized spacial score (nSPS) is 30.3. The van der Waals surface area contributed by atoms with E-state index in [1.165, 1.54) is 6.08 Å². The molecule has 4 atom stereocenters. The summed E-state index contributed by atoms with van der Waals surface area (Å²) in [5.74, 6) is -3.11. The van der Waals surface area contributed by atoms with Gasteiger partial charge in [-0.25, -0.2) is 0 Å². The lowest BCUT2D eigenvalue weighted by atomic mass is 9.59. The molecule has 1 fully saturated rings. The molecule has 0 aromatic heterocycles. The topological polar surface area (TPSA) is 101 Å². The van der Waals surface area contributed by atoms with Crippen molar-refractivity contribution in [3.63, 3.8) is 0 Å². The molecule has 30 heavy (non-hydrogen) atoms. The number of hydrogen-bond acceptors (Lipinski definition) is 5. The van der Waals surface area contributed by atoms with E-state index >= 15 is 0 Å². The second-order valence-electron chi connectivity index (χ2n) is 8.29. The molecule has 1 heterocycles. The Kier molecular flexibility index (Phi) is 4.22. The molecule has 7 heteroatoms. The summed E-state index contributed by atoms with van der Waals surface area (Å²) in [5, 5.41) is 13.1. The van der Waals surface area contributed by atoms with E-state index in [1.807, 2.05) is 6.08 Å². The number of halogens is 1. The third-order valence-electron chi connectivity index (χ3n) is 6.71. The summed E-state index contributed by atoms with van der Waals surface area (Å²) in [7, 11) is 0. The smallest absolute Gasteiger partial charge is 0.231 e. The molecule has 2 amide bonds. The average Bonchev–Trinajstić information content (AvgIpc) is 3.00. The predicted molar refractivity (Wildman–Crippen MR) is 110 cm³/mol. The van der Waals surface area contributed by atoms with Crippen molar-refractivity contribution >= 4 is 39.3 Å². The molecular formula is C23H18BrNO5. The zero-order valence-corrected chi connectivity index (χ0v) is 17.7. The molecule has 0 bridgehead atoms. The van der Waals surface area contributed by atoms with Gasteiger partial charge in [-0.2, -0.15) is 0 Å². The molecule has 4 aliphatic rings. The van der Waals surface area contributed by atoms with E-state index in [1.54, 1.807) is 25.1 Å². The van der Waals surface area contributed by atoms with Gasteiger partial charge in [0.05, 0.1) is 11.8 Å². The Bertz CT molecular complexity index is 1160. The van der Waals surface area contributed by atoms with Crippen LogP contribution < -0.4 is 5.32 Å². The number of allylic oxidation sites excluding steroid dienone is 6. The van der Waals surface area contributed by atoms with Crippen LogP contribution in [-0.4, -0.2) is 28.5 Å². The number of hydrogen-bond donors (Lipinski definition) is 2. The standard InChI is InChI=1S/C23H18BrNO5/c1-9-6-17(27)15-8-13-11(3-4-12-19(13)23(30)25-22(12)29)18(20(15)21(9)28)14-7-10(24)2-5-16(14)26/h2-3,5-7,12-13,18-19,26H,4,8H2,1H3,(H,25,29,30)/t12-,13+,18+,19-/m0/s1. The zero-order chi connectivity index (χ0) is 21.3. The van der Waals surface area contributed by atoms with Gasteiger partial charge in [-0.15, -0.1) is 0 Å². The highest BCUT2D eigenvalue weighted by Gasteiger charge is 2.53. The van der Waals surface area contributed by atoms with E-state index in [9.17, 15) is 24.3 Å². The van der Waals surface area contributed by atoms with Gasteiger partial charge in [0.2, 0.25) is 11.8 Å². The monoisotopic (exact) mass is 467 g/mol. The minimum Gasteiger partial charge on any atom is -0.508 e. The predicted octanol–water partition coefficient (Wildman–Crippen LogP) is 2.87. The largest absolute Gasteiger partial charge is 0.508 e. The number of Topliss-reactive ketones (excluding diaryl/α,β-unsaturated/α-hetero) is 1. The maximum Gasteiger partial charge on any atom is 0.231 e. The number of carbonyl (C=O) groups is 4. The molecule has 2 N–H and O–H groups in total. The van der Waals surface area contributed by atoms with Gasteiger partial charge < -0.3 is 5.11 Å². The summed E-state index contributed by atoms with van der Waals surface area (Å²) >= 11 is 3.42. The highest BCUT2D eigenvalue weighted by atomic mass is 79.9. The van der Waals surface area contributed by atoms with Gasteiger partial charge in [-0.1, -0.05) is 27.6 Å². The number of fused-ring (bicyclic) bond motifs is 3. The summed E-state index contributed by atoms with van der Waals surface area (Å²) < 4.78 is 0.726. The molecule has 0 spiro atoms. The van der Waals surface area contributed by atoms with Gasteiger partial charge in [0.15, 0.2) is 11.6 Å². The number of benzene rings is 1. The van der Waals surface area contributed by atoms with Crippen molar-refractivity contribution in [1.29, 1.82) is 0 Å². The van der Waals surface area contributed by atoms with E-state index in [2.05, 4.69) is 21.2 Å². The van der Waals surface area contributed by atoms with Crippen LogP contribution in [0.15, 0.2) is 57.1 Å². The van der Waals surface area contributed by atoms with E-state index in [-0.39, 0.29) is 41.5 Å². The number of nitrogens with one attached hydrogen (secondary N) is 1. The first-order valence-corrected chi connectivity index (χ1v) is 10.6. The Morgan fingerprint density at radius 2 is 1.87 bits per heavy atom. The zero-order valence-electron chi connectivity index (χ0n) is 16.1. The first-order chi connectivity index (χ1) is 14.3. The molecule has 1 saturated heterocycles. The van der Waals surface area contributed by atoms with Crippen molar-refractivity contribution in [2.75, 3.05) is 0 Å². The van der Waals surface area contributed by atoms with Crippen LogP contribution >= 0.6 is 15.9 Å². The fourth-order valence-corrected chi connectivity index (χ4v) is 5.76. The lowest BCUT2D eigenvalue weighted by Gasteiger charge is -2.42. The van der Waals surface area contributed by atoms with E-state index < -0.39 is 17.8 Å². The van der Waals surface area contributed by atoms with Gasteiger partial charge in [-0.3, -0.25) is 24.5 Å². The molecular weight excluding hydrogens is 450 g/mol. The molecule has 1 aliphatic heterocycles. The van der Waals surface area contributed by atoms with Gasteiger partial charge in [-0.05, 0) is 50.0 Å². The van der Waals surface area contributed by atoms with Crippen LogP contribution in [0.25, 0.3) is 0 Å². The number of phenolic OH excluding ortho intramolecular Hbond substituents is 1. The van der Waals surface area contributed by atoms with Gasteiger partial charge in [0.25, 0.3) is 0 Å². The summed E-state index contributed by atoms with van der Waals surface area (Å²) in [4.78, 5) is 50.9. The van der Waals surface area contributed by atoms with E-state index in [0.717, 1.165) is 10.0 Å². The molecule has 0 radical (unpaired) electrons. The summed E-state index contributed by atoms with van der Waals surface area (Å²) in [6.45, 7) is 1.61. The maximum absolute atomic E-state index is 13.2. The maximum atomic E-state index is 13.2. The fourth-order valence-electron chi connectivity index (χ4n) is 5.38. The number of carbonyl (C=O) groups excluding carboxylic acids is 4. The Morgan fingerprint density at radius 1 is 1.10 bits per heavy atom. The van der Waals surface area contributed by atoms with Crippen molar-refractivity contribution in [2.24, 2.45) is 17.8 Å². The molecule has 5 rings (SSSR count). The average molecular weight is 468 g/mol. The number of ketones is 2. The van der Waals surface area contributed by atoms with Gasteiger partial charge in [0.1, 0.15) is 5.75 Å². The van der Waals surface area contributed by atoms with Crippen LogP contribution in [0.3, 0.4) is 0 Å². The van der Waals surface area contributed by atoms with E-state index in [0.29, 0.717) is 28.7 Å². The number of aromatic hydroxyl groups is 1. The quantitative estimate of drug-likeness (QED) is 0.375. The first-order valence-electron chi connectivity index (χ1n) is 9.81. The second kappa shape index (κ2) is 6.60. The third kappa shape index (κ3) is 2.61. The van der Waals surface area contributed by atoms with E-state index in [4.69, 9.17) is 0 Å². The molecule has 152 valence electrons. The number of rotatable bonds is 1. The lowest BCUT2D eigenvalue weighted by Crippen LogP contribution is -2.39. The van der Waals surface area contributed by atoms with Crippen molar-refractivity contribution < 1.29 is 24.3 Å². The van der Waals surface area contributed by atoms with Crippen LogP contribution in [0.4, 0.5) is 0 Å². The van der Waals surface area contributed by atoms with Gasteiger partial charge in [0, 0.05) is 32.7 Å². The number of imide groups is 1. The molecule has 1 aromatic carbocycles. The van der Waals surface area contributed by atoms with Crippen molar-refractivity contribution in [1.82, 2.24) is 5.32 Å².